The van der Waals surface area contributed by atoms with Gasteiger partial charge in [0.05, 0.1) is 0 Å². The molecule has 0 saturated carbocycles. The van der Waals surface area contributed by atoms with Gasteiger partial charge in [-0.1, -0.05) is 27.7 Å². The molecule has 0 spiro atoms. The van der Waals surface area contributed by atoms with Crippen LogP contribution in [0.5, 0.6) is 0 Å². The molecule has 1 unspecified atom stereocenters. The van der Waals surface area contributed by atoms with Gasteiger partial charge < -0.3 is 16.4 Å². The van der Waals surface area contributed by atoms with E-state index < -0.39 is 11.6 Å². The molecule has 0 radical (unpaired) electrons. The first-order valence-electron chi connectivity index (χ1n) is 6.89. The number of amides is 2. The molecule has 2 amide bonds. The van der Waals surface area contributed by atoms with Crippen LogP contribution in [0.2, 0.25) is 0 Å². The summed E-state index contributed by atoms with van der Waals surface area (Å²) in [5.74, 6) is 0.0531. The summed E-state index contributed by atoms with van der Waals surface area (Å²) in [6, 6.07) is -0.506. The second kappa shape index (κ2) is 7.48. The monoisotopic (exact) mass is 271 g/mol. The molecule has 0 aromatic carbocycles. The van der Waals surface area contributed by atoms with Crippen molar-refractivity contribution in [1.29, 1.82) is 0 Å². The minimum Gasteiger partial charge on any atom is -0.352 e. The van der Waals surface area contributed by atoms with E-state index in [1.54, 1.807) is 0 Å². The van der Waals surface area contributed by atoms with Crippen LogP contribution in [0.15, 0.2) is 0 Å². The Morgan fingerprint density at radius 1 is 1.16 bits per heavy atom. The lowest BCUT2D eigenvalue weighted by Crippen LogP contribution is -2.53. The van der Waals surface area contributed by atoms with Crippen LogP contribution in [0.4, 0.5) is 0 Å². The SMILES string of the molecule is CC(C)CC(=O)NC(C(=O)NCC(C)(C)N)C(C)C. The summed E-state index contributed by atoms with van der Waals surface area (Å²) in [7, 11) is 0. The average Bonchev–Trinajstić information content (AvgIpc) is 2.20. The molecule has 5 nitrogen and oxygen atoms in total. The Morgan fingerprint density at radius 2 is 1.68 bits per heavy atom. The van der Waals surface area contributed by atoms with Crippen molar-refractivity contribution >= 4 is 11.8 Å². The van der Waals surface area contributed by atoms with Gasteiger partial charge >= 0.3 is 0 Å². The van der Waals surface area contributed by atoms with Crippen LogP contribution >= 0.6 is 0 Å². The van der Waals surface area contributed by atoms with Crippen molar-refractivity contribution in [2.75, 3.05) is 6.54 Å². The van der Waals surface area contributed by atoms with Crippen molar-refractivity contribution in [3.05, 3.63) is 0 Å². The molecule has 0 heterocycles. The highest BCUT2D eigenvalue weighted by Gasteiger charge is 2.25. The molecule has 0 saturated heterocycles. The van der Waals surface area contributed by atoms with Crippen LogP contribution in [-0.2, 0) is 9.59 Å². The number of carbonyl (C=O) groups excluding carboxylic acids is 2. The summed E-state index contributed by atoms with van der Waals surface area (Å²) in [6.07, 6.45) is 0.429. The van der Waals surface area contributed by atoms with Gasteiger partial charge in [-0.15, -0.1) is 0 Å². The topological polar surface area (TPSA) is 84.2 Å². The first-order chi connectivity index (χ1) is 8.53. The predicted molar refractivity (Wildman–Crippen MR) is 77.5 cm³/mol. The van der Waals surface area contributed by atoms with Gasteiger partial charge in [-0.2, -0.15) is 0 Å². The standard InChI is InChI=1S/C14H29N3O2/c1-9(2)7-11(18)17-12(10(3)4)13(19)16-8-14(5,6)15/h9-10,12H,7-8,15H2,1-6H3,(H,16,19)(H,17,18). The van der Waals surface area contributed by atoms with Crippen LogP contribution < -0.4 is 16.4 Å². The van der Waals surface area contributed by atoms with E-state index >= 15 is 0 Å². The zero-order valence-corrected chi connectivity index (χ0v) is 13.0. The molecular formula is C14H29N3O2. The van der Waals surface area contributed by atoms with E-state index in [1.807, 2.05) is 41.5 Å². The van der Waals surface area contributed by atoms with Crippen molar-refractivity contribution < 1.29 is 9.59 Å². The van der Waals surface area contributed by atoms with E-state index in [0.717, 1.165) is 0 Å². The third-order valence-corrected chi connectivity index (χ3v) is 2.58. The van der Waals surface area contributed by atoms with E-state index in [9.17, 15) is 9.59 Å². The Bertz CT molecular complexity index is 306. The van der Waals surface area contributed by atoms with Crippen molar-refractivity contribution in [1.82, 2.24) is 10.6 Å². The summed E-state index contributed by atoms with van der Waals surface area (Å²) in [6.45, 7) is 11.8. The van der Waals surface area contributed by atoms with Gasteiger partial charge in [0.2, 0.25) is 11.8 Å². The molecule has 19 heavy (non-hydrogen) atoms. The number of nitrogens with two attached hydrogens (primary N) is 1. The van der Waals surface area contributed by atoms with Crippen LogP contribution in [0.1, 0.15) is 48.0 Å². The largest absolute Gasteiger partial charge is 0.352 e. The van der Waals surface area contributed by atoms with Crippen LogP contribution in [0.3, 0.4) is 0 Å². The molecule has 1 atom stereocenters. The van der Waals surface area contributed by atoms with Gasteiger partial charge in [0, 0.05) is 18.5 Å². The van der Waals surface area contributed by atoms with Gasteiger partial charge in [0.15, 0.2) is 0 Å². The maximum absolute atomic E-state index is 12.1. The van der Waals surface area contributed by atoms with Crippen molar-refractivity contribution in [3.8, 4) is 0 Å². The fraction of sp³-hybridized carbons (Fsp3) is 0.857. The molecule has 0 aliphatic heterocycles. The van der Waals surface area contributed by atoms with E-state index in [2.05, 4.69) is 10.6 Å². The Morgan fingerprint density at radius 3 is 2.05 bits per heavy atom. The molecule has 5 heteroatoms. The summed E-state index contributed by atoms with van der Waals surface area (Å²) >= 11 is 0. The third-order valence-electron chi connectivity index (χ3n) is 2.58. The number of nitrogens with one attached hydrogen (secondary N) is 2. The van der Waals surface area contributed by atoms with Gasteiger partial charge in [-0.05, 0) is 25.7 Å². The minimum atomic E-state index is -0.506. The molecule has 112 valence electrons. The summed E-state index contributed by atoms with van der Waals surface area (Å²) in [5, 5.41) is 5.58. The van der Waals surface area contributed by atoms with Crippen molar-refractivity contribution in [2.45, 2.75) is 59.5 Å². The number of carbonyl (C=O) groups is 2. The summed E-state index contributed by atoms with van der Waals surface area (Å²) in [5.41, 5.74) is 5.37. The van der Waals surface area contributed by atoms with Gasteiger partial charge in [0.1, 0.15) is 6.04 Å². The molecule has 0 aliphatic carbocycles. The number of hydrogen-bond donors (Lipinski definition) is 3. The molecule has 4 N–H and O–H groups in total. The highest BCUT2D eigenvalue weighted by atomic mass is 16.2. The second-order valence-electron chi connectivity index (χ2n) is 6.59. The molecule has 0 aromatic heterocycles. The van der Waals surface area contributed by atoms with Crippen molar-refractivity contribution in [2.24, 2.45) is 17.6 Å². The van der Waals surface area contributed by atoms with Crippen molar-refractivity contribution in [3.63, 3.8) is 0 Å². The first kappa shape index (κ1) is 17.9. The van der Waals surface area contributed by atoms with Gasteiger partial charge in [-0.3, -0.25) is 9.59 Å². The average molecular weight is 271 g/mol. The highest BCUT2D eigenvalue weighted by Crippen LogP contribution is 2.05. The fourth-order valence-corrected chi connectivity index (χ4v) is 1.56. The maximum Gasteiger partial charge on any atom is 0.242 e. The zero-order valence-electron chi connectivity index (χ0n) is 13.0. The number of rotatable bonds is 7. The molecular weight excluding hydrogens is 242 g/mol. The maximum atomic E-state index is 12.1. The molecule has 0 bridgehead atoms. The van der Waals surface area contributed by atoms with E-state index in [4.69, 9.17) is 5.73 Å². The Hall–Kier alpha value is -1.10. The summed E-state index contributed by atoms with van der Waals surface area (Å²) in [4.78, 5) is 23.8. The number of hydrogen-bond acceptors (Lipinski definition) is 3. The molecule has 0 rings (SSSR count). The summed E-state index contributed by atoms with van der Waals surface area (Å²) < 4.78 is 0. The lowest BCUT2D eigenvalue weighted by Gasteiger charge is -2.25. The first-order valence-corrected chi connectivity index (χ1v) is 6.89. The predicted octanol–water partition coefficient (Wildman–Crippen LogP) is 1.03. The second-order valence-corrected chi connectivity index (χ2v) is 6.59. The van der Waals surface area contributed by atoms with E-state index in [-0.39, 0.29) is 23.7 Å². The Kier molecular flexibility index (Phi) is 7.05. The molecule has 0 aromatic rings. The Labute approximate surface area is 116 Å². The lowest BCUT2D eigenvalue weighted by molar-refractivity contribution is -0.130. The lowest BCUT2D eigenvalue weighted by atomic mass is 10.0. The zero-order chi connectivity index (χ0) is 15.2. The van der Waals surface area contributed by atoms with E-state index in [1.165, 1.54) is 0 Å². The van der Waals surface area contributed by atoms with Crippen LogP contribution in [0, 0.1) is 11.8 Å². The quantitative estimate of drug-likeness (QED) is 0.646. The molecule has 0 fully saturated rings. The highest BCUT2D eigenvalue weighted by molar-refractivity contribution is 5.87. The van der Waals surface area contributed by atoms with Gasteiger partial charge in [-0.25, -0.2) is 0 Å². The van der Waals surface area contributed by atoms with Crippen LogP contribution in [-0.4, -0.2) is 29.9 Å². The van der Waals surface area contributed by atoms with Gasteiger partial charge in [0.25, 0.3) is 0 Å². The smallest absolute Gasteiger partial charge is 0.242 e. The van der Waals surface area contributed by atoms with E-state index in [0.29, 0.717) is 13.0 Å². The fourth-order valence-electron chi connectivity index (χ4n) is 1.56. The van der Waals surface area contributed by atoms with Crippen LogP contribution in [0.25, 0.3) is 0 Å². The normalized spacial score (nSPS) is 13.5. The Balaban J connectivity index is 4.48. The minimum absolute atomic E-state index is 0.0389. The third kappa shape index (κ3) is 8.59. The molecule has 0 aliphatic rings.